The molecule has 2 nitrogen and oxygen atoms in total. The third-order valence-corrected chi connectivity index (χ3v) is 3.07. The van der Waals surface area contributed by atoms with Crippen LogP contribution in [0.1, 0.15) is 27.2 Å². The molecule has 82 valence electrons. The van der Waals surface area contributed by atoms with E-state index in [1.54, 1.807) is 0 Å². The van der Waals surface area contributed by atoms with Gasteiger partial charge in [-0.15, -0.1) is 0 Å². The maximum absolute atomic E-state index is 11.9. The van der Waals surface area contributed by atoms with Crippen LogP contribution >= 0.6 is 15.9 Å². The molecule has 1 amide bonds. The van der Waals surface area contributed by atoms with Crippen LogP contribution in [0.25, 0.3) is 0 Å². The van der Waals surface area contributed by atoms with Crippen LogP contribution in [0.5, 0.6) is 0 Å². The van der Waals surface area contributed by atoms with E-state index in [-0.39, 0.29) is 11.3 Å². The van der Waals surface area contributed by atoms with Gasteiger partial charge in [0.1, 0.15) is 0 Å². The summed E-state index contributed by atoms with van der Waals surface area (Å²) in [7, 11) is 0. The van der Waals surface area contributed by atoms with Gasteiger partial charge in [-0.3, -0.25) is 4.79 Å². The van der Waals surface area contributed by atoms with Gasteiger partial charge in [-0.2, -0.15) is 0 Å². The van der Waals surface area contributed by atoms with Crippen molar-refractivity contribution in [3.63, 3.8) is 0 Å². The monoisotopic (exact) mass is 269 g/mol. The average molecular weight is 270 g/mol. The predicted octanol–water partition coefficient (Wildman–Crippen LogP) is 3.82. The highest BCUT2D eigenvalue weighted by atomic mass is 79.9. The fourth-order valence-electron chi connectivity index (χ4n) is 1.03. The first-order valence-corrected chi connectivity index (χ1v) is 5.82. The van der Waals surface area contributed by atoms with E-state index < -0.39 is 0 Å². The molecule has 1 rings (SSSR count). The molecule has 1 aromatic rings. The standard InChI is InChI=1S/C12H16BrNO/c1-4-12(2,3)11(15)14-10-7-5-6-9(13)8-10/h5-8H,4H2,1-3H3,(H,14,15). The van der Waals surface area contributed by atoms with Crippen LogP contribution in [0.15, 0.2) is 28.7 Å². The molecule has 3 heteroatoms. The molecule has 0 radical (unpaired) electrons. The van der Waals surface area contributed by atoms with E-state index in [2.05, 4.69) is 21.2 Å². The first kappa shape index (κ1) is 12.2. The number of rotatable bonds is 3. The molecule has 1 aromatic carbocycles. The summed E-state index contributed by atoms with van der Waals surface area (Å²) in [5, 5.41) is 2.90. The van der Waals surface area contributed by atoms with E-state index >= 15 is 0 Å². The van der Waals surface area contributed by atoms with E-state index in [9.17, 15) is 4.79 Å². The van der Waals surface area contributed by atoms with Gasteiger partial charge in [-0.05, 0) is 24.6 Å². The van der Waals surface area contributed by atoms with Crippen LogP contribution in [-0.4, -0.2) is 5.91 Å². The number of nitrogens with one attached hydrogen (secondary N) is 1. The molecule has 0 aliphatic carbocycles. The van der Waals surface area contributed by atoms with Crippen molar-refractivity contribution in [3.8, 4) is 0 Å². The van der Waals surface area contributed by atoms with Gasteiger partial charge in [0.15, 0.2) is 0 Å². The first-order chi connectivity index (χ1) is 6.95. The van der Waals surface area contributed by atoms with Crippen molar-refractivity contribution >= 4 is 27.5 Å². The minimum Gasteiger partial charge on any atom is -0.326 e. The van der Waals surface area contributed by atoms with Crippen LogP contribution in [0.2, 0.25) is 0 Å². The summed E-state index contributed by atoms with van der Waals surface area (Å²) in [6.45, 7) is 5.90. The van der Waals surface area contributed by atoms with Crippen molar-refractivity contribution in [1.82, 2.24) is 0 Å². The van der Waals surface area contributed by atoms with Crippen molar-refractivity contribution in [2.45, 2.75) is 27.2 Å². The summed E-state index contributed by atoms with van der Waals surface area (Å²) in [4.78, 5) is 11.9. The molecule has 0 aliphatic rings. The highest BCUT2D eigenvalue weighted by Crippen LogP contribution is 2.23. The number of carbonyl (C=O) groups is 1. The fraction of sp³-hybridized carbons (Fsp3) is 0.417. The third-order valence-electron chi connectivity index (χ3n) is 2.58. The molecule has 0 saturated carbocycles. The lowest BCUT2D eigenvalue weighted by Gasteiger charge is -2.21. The number of halogens is 1. The summed E-state index contributed by atoms with van der Waals surface area (Å²) in [5.41, 5.74) is 0.512. The van der Waals surface area contributed by atoms with Gasteiger partial charge in [0.05, 0.1) is 0 Å². The zero-order valence-corrected chi connectivity index (χ0v) is 10.9. The van der Waals surface area contributed by atoms with Crippen molar-refractivity contribution in [2.75, 3.05) is 5.32 Å². The van der Waals surface area contributed by atoms with E-state index in [1.165, 1.54) is 0 Å². The minimum atomic E-state index is -0.317. The van der Waals surface area contributed by atoms with Crippen LogP contribution in [0.3, 0.4) is 0 Å². The van der Waals surface area contributed by atoms with Crippen LogP contribution in [0.4, 0.5) is 5.69 Å². The number of hydrogen-bond acceptors (Lipinski definition) is 1. The summed E-state index contributed by atoms with van der Waals surface area (Å²) >= 11 is 3.37. The highest BCUT2D eigenvalue weighted by molar-refractivity contribution is 9.10. The number of hydrogen-bond donors (Lipinski definition) is 1. The first-order valence-electron chi connectivity index (χ1n) is 5.03. The van der Waals surface area contributed by atoms with E-state index in [0.717, 1.165) is 16.6 Å². The Morgan fingerprint density at radius 3 is 2.67 bits per heavy atom. The smallest absolute Gasteiger partial charge is 0.230 e. The Morgan fingerprint density at radius 1 is 1.47 bits per heavy atom. The van der Waals surface area contributed by atoms with Crippen LogP contribution < -0.4 is 5.32 Å². The minimum absolute atomic E-state index is 0.0584. The number of amides is 1. The second-order valence-corrected chi connectivity index (χ2v) is 5.12. The topological polar surface area (TPSA) is 29.1 Å². The number of benzene rings is 1. The molecule has 0 bridgehead atoms. The second kappa shape index (κ2) is 4.79. The molecule has 0 aliphatic heterocycles. The van der Waals surface area contributed by atoms with Gasteiger partial charge in [0.2, 0.25) is 5.91 Å². The Kier molecular flexibility index (Phi) is 3.91. The van der Waals surface area contributed by atoms with Gasteiger partial charge in [0, 0.05) is 15.6 Å². The number of anilines is 1. The molecule has 0 aromatic heterocycles. The van der Waals surface area contributed by atoms with Crippen molar-refractivity contribution < 1.29 is 4.79 Å². The third kappa shape index (κ3) is 3.34. The Balaban J connectivity index is 2.75. The molecule has 15 heavy (non-hydrogen) atoms. The Morgan fingerprint density at radius 2 is 2.13 bits per heavy atom. The predicted molar refractivity (Wildman–Crippen MR) is 66.8 cm³/mol. The Hall–Kier alpha value is -0.830. The molecule has 1 N–H and O–H groups in total. The van der Waals surface area contributed by atoms with Gasteiger partial charge in [-0.25, -0.2) is 0 Å². The van der Waals surface area contributed by atoms with Crippen molar-refractivity contribution in [1.29, 1.82) is 0 Å². The normalized spacial score (nSPS) is 11.2. The molecular weight excluding hydrogens is 254 g/mol. The second-order valence-electron chi connectivity index (χ2n) is 4.20. The van der Waals surface area contributed by atoms with E-state index in [1.807, 2.05) is 45.0 Å². The van der Waals surface area contributed by atoms with Gasteiger partial charge < -0.3 is 5.32 Å². The summed E-state index contributed by atoms with van der Waals surface area (Å²) in [6.07, 6.45) is 0.826. The van der Waals surface area contributed by atoms with Crippen molar-refractivity contribution in [3.05, 3.63) is 28.7 Å². The lowest BCUT2D eigenvalue weighted by molar-refractivity contribution is -0.124. The maximum atomic E-state index is 11.9. The molecule has 0 spiro atoms. The van der Waals surface area contributed by atoms with E-state index in [0.29, 0.717) is 0 Å². The van der Waals surface area contributed by atoms with Crippen LogP contribution in [0, 0.1) is 5.41 Å². The lowest BCUT2D eigenvalue weighted by Crippen LogP contribution is -2.29. The lowest BCUT2D eigenvalue weighted by atomic mass is 9.89. The molecule has 0 fully saturated rings. The summed E-state index contributed by atoms with van der Waals surface area (Å²) in [6, 6.07) is 7.61. The quantitative estimate of drug-likeness (QED) is 0.888. The molecule has 0 saturated heterocycles. The largest absolute Gasteiger partial charge is 0.326 e. The molecule has 0 atom stereocenters. The van der Waals surface area contributed by atoms with Gasteiger partial charge >= 0.3 is 0 Å². The SMILES string of the molecule is CCC(C)(C)C(=O)Nc1cccc(Br)c1. The highest BCUT2D eigenvalue weighted by Gasteiger charge is 2.25. The van der Waals surface area contributed by atoms with E-state index in [4.69, 9.17) is 0 Å². The van der Waals surface area contributed by atoms with Gasteiger partial charge in [-0.1, -0.05) is 42.8 Å². The van der Waals surface area contributed by atoms with Crippen molar-refractivity contribution in [2.24, 2.45) is 5.41 Å². The summed E-state index contributed by atoms with van der Waals surface area (Å²) < 4.78 is 0.967. The summed E-state index contributed by atoms with van der Waals surface area (Å²) in [5.74, 6) is 0.0584. The Labute approximate surface area is 99.2 Å². The van der Waals surface area contributed by atoms with Gasteiger partial charge in [0.25, 0.3) is 0 Å². The average Bonchev–Trinajstić information content (AvgIpc) is 2.17. The molecule has 0 heterocycles. The van der Waals surface area contributed by atoms with Crippen LogP contribution in [-0.2, 0) is 4.79 Å². The zero-order chi connectivity index (χ0) is 11.5. The Bertz CT molecular complexity index is 360. The molecule has 0 unspecified atom stereocenters. The zero-order valence-electron chi connectivity index (χ0n) is 9.30. The fourth-order valence-corrected chi connectivity index (χ4v) is 1.43. The molecular formula is C12H16BrNO. The number of carbonyl (C=O) groups excluding carboxylic acids is 1. The maximum Gasteiger partial charge on any atom is 0.230 e.